The maximum atomic E-state index is 13.2. The highest BCUT2D eigenvalue weighted by molar-refractivity contribution is 5.76. The number of phenolic OH excluding ortho intramolecular Hbond substituents is 1. The lowest BCUT2D eigenvalue weighted by Gasteiger charge is -2.42. The zero-order valence-corrected chi connectivity index (χ0v) is 25.6. The Bertz CT molecular complexity index is 1060. The number of methoxy groups -OCH3 is 2. The van der Waals surface area contributed by atoms with Gasteiger partial charge in [0.25, 0.3) is 0 Å². The number of piperidine rings is 1. The molecule has 1 aliphatic heterocycles. The summed E-state index contributed by atoms with van der Waals surface area (Å²) < 4.78 is 16.7. The van der Waals surface area contributed by atoms with Gasteiger partial charge in [-0.05, 0) is 68.9 Å². The Balaban J connectivity index is 1.63. The minimum absolute atomic E-state index is 0.0136. The first-order chi connectivity index (χ1) is 19.0. The Morgan fingerprint density at radius 2 is 1.70 bits per heavy atom. The van der Waals surface area contributed by atoms with Gasteiger partial charge in [0.1, 0.15) is 5.75 Å². The standard InChI is InChI=1S/C33H50N2O5/c1-25(32(2,3)4)35(24-31(38-6)39-7)30(37)16-22-40-21-15-26-13-14-29(36)28(23-26)33(17-19-34(5)20-18-33)27-11-9-8-10-12-27/h8-14,23,25,31,36H,15-22,24H2,1-7H3/t25-/m1/s1. The van der Waals surface area contributed by atoms with Crippen LogP contribution in [-0.2, 0) is 30.8 Å². The van der Waals surface area contributed by atoms with E-state index in [-0.39, 0.29) is 22.8 Å². The van der Waals surface area contributed by atoms with E-state index in [4.69, 9.17) is 14.2 Å². The highest BCUT2D eigenvalue weighted by Gasteiger charge is 2.39. The molecule has 2 aromatic carbocycles. The molecule has 0 spiro atoms. The molecule has 1 N–H and O–H groups in total. The molecule has 7 heteroatoms. The maximum Gasteiger partial charge on any atom is 0.225 e. The van der Waals surface area contributed by atoms with Gasteiger partial charge < -0.3 is 29.1 Å². The number of likely N-dealkylation sites (tertiary alicyclic amines) is 1. The monoisotopic (exact) mass is 554 g/mol. The second kappa shape index (κ2) is 14.4. The van der Waals surface area contributed by atoms with E-state index in [2.05, 4.69) is 70.0 Å². The van der Waals surface area contributed by atoms with E-state index in [1.165, 1.54) is 5.56 Å². The Hall–Kier alpha value is -2.45. The number of benzene rings is 2. The van der Waals surface area contributed by atoms with E-state index < -0.39 is 6.29 Å². The van der Waals surface area contributed by atoms with E-state index in [0.29, 0.717) is 38.3 Å². The van der Waals surface area contributed by atoms with Crippen molar-refractivity contribution in [3.8, 4) is 5.75 Å². The minimum atomic E-state index is -0.470. The lowest BCUT2D eigenvalue weighted by atomic mass is 9.67. The summed E-state index contributed by atoms with van der Waals surface area (Å²) in [6.45, 7) is 11.6. The van der Waals surface area contributed by atoms with Crippen molar-refractivity contribution >= 4 is 5.91 Å². The van der Waals surface area contributed by atoms with Crippen LogP contribution < -0.4 is 0 Å². The number of rotatable bonds is 13. The molecule has 7 nitrogen and oxygen atoms in total. The highest BCUT2D eigenvalue weighted by atomic mass is 16.7. The van der Waals surface area contributed by atoms with Gasteiger partial charge in [-0.25, -0.2) is 0 Å². The van der Waals surface area contributed by atoms with Crippen LogP contribution in [0.1, 0.15) is 63.6 Å². The van der Waals surface area contributed by atoms with Crippen molar-refractivity contribution < 1.29 is 24.1 Å². The van der Waals surface area contributed by atoms with Crippen LogP contribution in [0.2, 0.25) is 0 Å². The van der Waals surface area contributed by atoms with Crippen LogP contribution in [-0.4, -0.2) is 87.3 Å². The van der Waals surface area contributed by atoms with Gasteiger partial charge in [0.2, 0.25) is 5.91 Å². The molecule has 0 radical (unpaired) electrons. The quantitative estimate of drug-likeness (QED) is 0.270. The second-order valence-electron chi connectivity index (χ2n) is 12.2. The van der Waals surface area contributed by atoms with Gasteiger partial charge in [-0.3, -0.25) is 4.79 Å². The number of carbonyl (C=O) groups excluding carboxylic acids is 1. The molecule has 1 fully saturated rings. The molecular weight excluding hydrogens is 504 g/mol. The Morgan fingerprint density at radius 3 is 2.30 bits per heavy atom. The Labute approximate surface area is 241 Å². The average Bonchev–Trinajstić information content (AvgIpc) is 2.94. The highest BCUT2D eigenvalue weighted by Crippen LogP contribution is 2.45. The van der Waals surface area contributed by atoms with Crippen LogP contribution in [0.3, 0.4) is 0 Å². The Morgan fingerprint density at radius 1 is 1.05 bits per heavy atom. The number of amides is 1. The van der Waals surface area contributed by atoms with Gasteiger partial charge >= 0.3 is 0 Å². The van der Waals surface area contributed by atoms with Crippen molar-refractivity contribution in [1.29, 1.82) is 0 Å². The van der Waals surface area contributed by atoms with E-state index in [1.807, 2.05) is 23.1 Å². The molecule has 222 valence electrons. The first kappa shape index (κ1) is 32.1. The number of aromatic hydroxyl groups is 1. The van der Waals surface area contributed by atoms with Crippen molar-refractivity contribution in [2.24, 2.45) is 5.41 Å². The summed E-state index contributed by atoms with van der Waals surface area (Å²) in [6.07, 6.45) is 2.46. The first-order valence-electron chi connectivity index (χ1n) is 14.5. The molecule has 0 aromatic heterocycles. The SMILES string of the molecule is COC(CN(C(=O)CCOCCc1ccc(O)c(C2(c3ccccc3)CCN(C)CC2)c1)[C@H](C)C(C)(C)C)OC. The molecule has 1 atom stereocenters. The molecule has 0 bridgehead atoms. The van der Waals surface area contributed by atoms with E-state index in [1.54, 1.807) is 14.2 Å². The molecule has 1 amide bonds. The predicted molar refractivity (Wildman–Crippen MR) is 160 cm³/mol. The molecule has 2 aromatic rings. The molecule has 40 heavy (non-hydrogen) atoms. The number of hydrogen-bond donors (Lipinski definition) is 1. The van der Waals surface area contributed by atoms with Crippen LogP contribution in [0.25, 0.3) is 0 Å². The van der Waals surface area contributed by atoms with Crippen LogP contribution in [0.4, 0.5) is 0 Å². The van der Waals surface area contributed by atoms with Gasteiger partial charge in [-0.1, -0.05) is 63.2 Å². The topological polar surface area (TPSA) is 71.5 Å². The summed E-state index contributed by atoms with van der Waals surface area (Å²) >= 11 is 0. The molecule has 1 heterocycles. The van der Waals surface area contributed by atoms with Gasteiger partial charge in [0, 0.05) is 31.2 Å². The molecular formula is C33H50N2O5. The van der Waals surface area contributed by atoms with Crippen LogP contribution >= 0.6 is 0 Å². The van der Waals surface area contributed by atoms with E-state index >= 15 is 0 Å². The van der Waals surface area contributed by atoms with Gasteiger partial charge in [-0.2, -0.15) is 0 Å². The van der Waals surface area contributed by atoms with Crippen molar-refractivity contribution in [2.75, 3.05) is 54.1 Å². The number of phenols is 1. The summed E-state index contributed by atoms with van der Waals surface area (Å²) in [5.74, 6) is 0.377. The molecule has 0 unspecified atom stereocenters. The molecule has 0 aliphatic carbocycles. The third-order valence-corrected chi connectivity index (χ3v) is 8.65. The molecule has 1 saturated heterocycles. The number of ether oxygens (including phenoxy) is 3. The summed E-state index contributed by atoms with van der Waals surface area (Å²) in [5.41, 5.74) is 3.08. The predicted octanol–water partition coefficient (Wildman–Crippen LogP) is 5.24. The van der Waals surface area contributed by atoms with E-state index in [9.17, 15) is 9.90 Å². The van der Waals surface area contributed by atoms with Crippen molar-refractivity contribution in [1.82, 2.24) is 9.80 Å². The summed E-state index contributed by atoms with van der Waals surface area (Å²) in [6, 6.07) is 16.5. The maximum absolute atomic E-state index is 13.2. The lowest BCUT2D eigenvalue weighted by Crippen LogP contribution is -2.49. The fraction of sp³-hybridized carbons (Fsp3) is 0.606. The minimum Gasteiger partial charge on any atom is -0.508 e. The fourth-order valence-corrected chi connectivity index (χ4v) is 5.54. The van der Waals surface area contributed by atoms with Crippen LogP contribution in [0, 0.1) is 5.41 Å². The number of hydrogen-bond acceptors (Lipinski definition) is 6. The fourth-order valence-electron chi connectivity index (χ4n) is 5.54. The smallest absolute Gasteiger partial charge is 0.225 e. The van der Waals surface area contributed by atoms with Gasteiger partial charge in [-0.15, -0.1) is 0 Å². The summed E-state index contributed by atoms with van der Waals surface area (Å²) in [4.78, 5) is 17.4. The van der Waals surface area contributed by atoms with Crippen molar-refractivity contribution in [3.05, 3.63) is 65.2 Å². The molecule has 1 aliphatic rings. The van der Waals surface area contributed by atoms with Crippen LogP contribution in [0.15, 0.2) is 48.5 Å². The third-order valence-electron chi connectivity index (χ3n) is 8.65. The van der Waals surface area contributed by atoms with Gasteiger partial charge in [0.15, 0.2) is 6.29 Å². The largest absolute Gasteiger partial charge is 0.508 e. The van der Waals surface area contributed by atoms with Crippen LogP contribution in [0.5, 0.6) is 5.75 Å². The third kappa shape index (κ3) is 8.06. The zero-order valence-electron chi connectivity index (χ0n) is 25.6. The zero-order chi connectivity index (χ0) is 29.3. The Kier molecular flexibility index (Phi) is 11.6. The van der Waals surface area contributed by atoms with Gasteiger partial charge in [0.05, 0.1) is 26.2 Å². The van der Waals surface area contributed by atoms with E-state index in [0.717, 1.165) is 37.1 Å². The summed E-state index contributed by atoms with van der Waals surface area (Å²) in [7, 11) is 5.33. The van der Waals surface area contributed by atoms with Crippen molar-refractivity contribution in [3.63, 3.8) is 0 Å². The average molecular weight is 555 g/mol. The van der Waals surface area contributed by atoms with Crippen molar-refractivity contribution in [2.45, 2.75) is 71.1 Å². The summed E-state index contributed by atoms with van der Waals surface area (Å²) in [5, 5.41) is 11.0. The second-order valence-corrected chi connectivity index (χ2v) is 12.2. The first-order valence-corrected chi connectivity index (χ1v) is 14.5. The normalized spacial score (nSPS) is 16.7. The number of nitrogens with zero attached hydrogens (tertiary/aromatic N) is 2. The number of carbonyl (C=O) groups is 1. The molecule has 3 rings (SSSR count). The lowest BCUT2D eigenvalue weighted by molar-refractivity contribution is -0.153. The molecule has 0 saturated carbocycles.